The largest absolute Gasteiger partial charge is 0.461 e. The van der Waals surface area contributed by atoms with Crippen LogP contribution in [0.4, 0.5) is 0 Å². The molecule has 0 aliphatic rings. The predicted octanol–water partition coefficient (Wildman–Crippen LogP) is 1.57. The lowest BCUT2D eigenvalue weighted by Gasteiger charge is -2.03. The minimum absolute atomic E-state index is 0.0284. The molecule has 0 amide bonds. The van der Waals surface area contributed by atoms with Gasteiger partial charge in [-0.2, -0.15) is 0 Å². The average molecular weight is 182 g/mol. The van der Waals surface area contributed by atoms with Gasteiger partial charge in [0.2, 0.25) is 5.84 Å². The van der Waals surface area contributed by atoms with Crippen molar-refractivity contribution in [2.24, 2.45) is 16.8 Å². The minimum Gasteiger partial charge on any atom is -0.461 e. The van der Waals surface area contributed by atoms with E-state index < -0.39 is 0 Å². The van der Waals surface area contributed by atoms with Crippen LogP contribution in [0.3, 0.4) is 0 Å². The molecule has 1 heterocycles. The highest BCUT2D eigenvalue weighted by molar-refractivity contribution is 5.95. The zero-order chi connectivity index (χ0) is 9.84. The second kappa shape index (κ2) is 3.98. The van der Waals surface area contributed by atoms with Crippen molar-refractivity contribution in [2.75, 3.05) is 0 Å². The van der Waals surface area contributed by atoms with E-state index in [0.717, 1.165) is 12.0 Å². The van der Waals surface area contributed by atoms with Gasteiger partial charge in [-0.15, -0.1) is 0 Å². The fourth-order valence-electron chi connectivity index (χ4n) is 1.21. The van der Waals surface area contributed by atoms with E-state index in [9.17, 15) is 0 Å². The Morgan fingerprint density at radius 1 is 1.69 bits per heavy atom. The Morgan fingerprint density at radius 2 is 2.38 bits per heavy atom. The molecule has 0 aliphatic heterocycles. The topological polar surface area (TPSA) is 71.8 Å². The molecule has 0 saturated heterocycles. The third kappa shape index (κ3) is 2.24. The van der Waals surface area contributed by atoms with Crippen LogP contribution in [0.15, 0.2) is 21.9 Å². The molecule has 0 atom stereocenters. The zero-order valence-corrected chi connectivity index (χ0v) is 7.82. The van der Waals surface area contributed by atoms with Crippen molar-refractivity contribution in [3.8, 4) is 0 Å². The summed E-state index contributed by atoms with van der Waals surface area (Å²) in [5.74, 6) is 1.01. The first-order valence-electron chi connectivity index (χ1n) is 4.19. The molecule has 4 heteroatoms. The van der Waals surface area contributed by atoms with Crippen molar-refractivity contribution >= 4 is 5.84 Å². The number of amidine groups is 1. The Morgan fingerprint density at radius 3 is 2.92 bits per heavy atom. The molecule has 0 spiro atoms. The van der Waals surface area contributed by atoms with Gasteiger partial charge in [-0.05, 0) is 18.4 Å². The summed E-state index contributed by atoms with van der Waals surface area (Å²) in [6, 6.07) is 1.84. The zero-order valence-electron chi connectivity index (χ0n) is 7.82. The summed E-state index contributed by atoms with van der Waals surface area (Å²) in [5, 5.41) is 11.4. The maximum absolute atomic E-state index is 8.47. The van der Waals surface area contributed by atoms with Crippen LogP contribution in [0.1, 0.15) is 25.2 Å². The third-order valence-electron chi connectivity index (χ3n) is 1.72. The molecular formula is C9H14N2O2. The van der Waals surface area contributed by atoms with E-state index >= 15 is 0 Å². The van der Waals surface area contributed by atoms with E-state index in [2.05, 4.69) is 19.0 Å². The first kappa shape index (κ1) is 9.64. The van der Waals surface area contributed by atoms with Crippen molar-refractivity contribution in [1.29, 1.82) is 0 Å². The molecule has 1 aromatic rings. The summed E-state index contributed by atoms with van der Waals surface area (Å²) < 4.78 is 5.10. The SMILES string of the molecule is CC(C)Cc1ccoc1/C(N)=N/O. The van der Waals surface area contributed by atoms with Crippen molar-refractivity contribution < 1.29 is 9.62 Å². The van der Waals surface area contributed by atoms with E-state index in [1.165, 1.54) is 0 Å². The smallest absolute Gasteiger partial charge is 0.206 e. The Labute approximate surface area is 77.0 Å². The van der Waals surface area contributed by atoms with Gasteiger partial charge in [0.15, 0.2) is 5.76 Å². The molecular weight excluding hydrogens is 168 g/mol. The van der Waals surface area contributed by atoms with E-state index in [0.29, 0.717) is 11.7 Å². The summed E-state index contributed by atoms with van der Waals surface area (Å²) in [6.07, 6.45) is 2.41. The molecule has 1 aromatic heterocycles. The molecule has 0 fully saturated rings. The maximum atomic E-state index is 8.47. The number of nitrogens with two attached hydrogens (primary N) is 1. The van der Waals surface area contributed by atoms with E-state index in [4.69, 9.17) is 15.4 Å². The molecule has 0 unspecified atom stereocenters. The number of hydrogen-bond acceptors (Lipinski definition) is 3. The summed E-state index contributed by atoms with van der Waals surface area (Å²) >= 11 is 0. The van der Waals surface area contributed by atoms with Gasteiger partial charge in [0, 0.05) is 5.56 Å². The lowest BCUT2D eigenvalue weighted by Crippen LogP contribution is -2.14. The van der Waals surface area contributed by atoms with Crippen LogP contribution in [0.5, 0.6) is 0 Å². The van der Waals surface area contributed by atoms with Crippen LogP contribution in [0.25, 0.3) is 0 Å². The highest BCUT2D eigenvalue weighted by atomic mass is 16.4. The van der Waals surface area contributed by atoms with Crippen molar-refractivity contribution in [3.63, 3.8) is 0 Å². The molecule has 0 aromatic carbocycles. The van der Waals surface area contributed by atoms with Crippen LogP contribution in [-0.4, -0.2) is 11.0 Å². The van der Waals surface area contributed by atoms with E-state index in [-0.39, 0.29) is 5.84 Å². The summed E-state index contributed by atoms with van der Waals surface area (Å²) in [7, 11) is 0. The number of hydrogen-bond donors (Lipinski definition) is 2. The average Bonchev–Trinajstić information content (AvgIpc) is 2.50. The fraction of sp³-hybridized carbons (Fsp3) is 0.444. The predicted molar refractivity (Wildman–Crippen MR) is 49.8 cm³/mol. The maximum Gasteiger partial charge on any atom is 0.206 e. The molecule has 0 radical (unpaired) electrons. The Hall–Kier alpha value is -1.45. The molecule has 3 N–H and O–H groups in total. The summed E-state index contributed by atoms with van der Waals surface area (Å²) in [6.45, 7) is 4.20. The third-order valence-corrected chi connectivity index (χ3v) is 1.72. The van der Waals surface area contributed by atoms with Gasteiger partial charge >= 0.3 is 0 Å². The first-order valence-corrected chi connectivity index (χ1v) is 4.19. The first-order chi connectivity index (χ1) is 6.15. The van der Waals surface area contributed by atoms with E-state index in [1.807, 2.05) is 6.07 Å². The Balaban J connectivity index is 2.89. The van der Waals surface area contributed by atoms with Gasteiger partial charge in [0.25, 0.3) is 0 Å². The molecule has 0 aliphatic carbocycles. The molecule has 4 nitrogen and oxygen atoms in total. The number of oxime groups is 1. The fourth-order valence-corrected chi connectivity index (χ4v) is 1.21. The summed E-state index contributed by atoms with van der Waals surface area (Å²) in [5.41, 5.74) is 6.40. The molecule has 72 valence electrons. The van der Waals surface area contributed by atoms with Gasteiger partial charge < -0.3 is 15.4 Å². The van der Waals surface area contributed by atoms with Crippen molar-refractivity contribution in [1.82, 2.24) is 0 Å². The van der Waals surface area contributed by atoms with Crippen LogP contribution < -0.4 is 5.73 Å². The monoisotopic (exact) mass is 182 g/mol. The minimum atomic E-state index is 0.0284. The van der Waals surface area contributed by atoms with Gasteiger partial charge in [-0.1, -0.05) is 19.0 Å². The van der Waals surface area contributed by atoms with Crippen molar-refractivity contribution in [2.45, 2.75) is 20.3 Å². The second-order valence-electron chi connectivity index (χ2n) is 3.36. The highest BCUT2D eigenvalue weighted by Crippen LogP contribution is 2.14. The van der Waals surface area contributed by atoms with Gasteiger partial charge in [0.1, 0.15) is 0 Å². The van der Waals surface area contributed by atoms with Gasteiger partial charge in [-0.25, -0.2) is 0 Å². The quantitative estimate of drug-likeness (QED) is 0.322. The van der Waals surface area contributed by atoms with E-state index in [1.54, 1.807) is 6.26 Å². The normalized spacial score (nSPS) is 12.4. The lowest BCUT2D eigenvalue weighted by molar-refractivity contribution is 0.317. The summed E-state index contributed by atoms with van der Waals surface area (Å²) in [4.78, 5) is 0. The molecule has 0 bridgehead atoms. The van der Waals surface area contributed by atoms with Crippen LogP contribution in [-0.2, 0) is 6.42 Å². The lowest BCUT2D eigenvalue weighted by atomic mass is 10.0. The van der Waals surface area contributed by atoms with Crippen LogP contribution in [0.2, 0.25) is 0 Å². The Kier molecular flexibility index (Phi) is 2.95. The van der Waals surface area contributed by atoms with Crippen LogP contribution >= 0.6 is 0 Å². The molecule has 0 saturated carbocycles. The Bertz CT molecular complexity index is 302. The number of rotatable bonds is 3. The number of nitrogens with zero attached hydrogens (tertiary/aromatic N) is 1. The highest BCUT2D eigenvalue weighted by Gasteiger charge is 2.11. The number of furan rings is 1. The van der Waals surface area contributed by atoms with Crippen molar-refractivity contribution in [3.05, 3.63) is 23.7 Å². The van der Waals surface area contributed by atoms with Gasteiger partial charge in [0.05, 0.1) is 6.26 Å². The molecule has 1 rings (SSSR count). The standard InChI is InChI=1S/C9H14N2O2/c1-6(2)5-7-3-4-13-8(7)9(10)11-12/h3-4,6,12H,5H2,1-2H3,(H2,10,11). The van der Waals surface area contributed by atoms with Gasteiger partial charge in [-0.3, -0.25) is 0 Å². The van der Waals surface area contributed by atoms with Crippen LogP contribution in [0, 0.1) is 5.92 Å². The second-order valence-corrected chi connectivity index (χ2v) is 3.36. The molecule has 13 heavy (non-hydrogen) atoms.